The Balaban J connectivity index is 1.45. The van der Waals surface area contributed by atoms with Gasteiger partial charge in [-0.25, -0.2) is 0 Å². The monoisotopic (exact) mass is 481 g/mol. The number of fused-ring (bicyclic) bond motifs is 1. The molecule has 9 heteroatoms. The molecule has 4 atom stereocenters. The van der Waals surface area contributed by atoms with Crippen LogP contribution >= 0.6 is 0 Å². The van der Waals surface area contributed by atoms with Crippen LogP contribution in [0.15, 0.2) is 12.3 Å². The number of amides is 1. The first-order valence-electron chi connectivity index (χ1n) is 12.3. The molecule has 0 aromatic carbocycles. The van der Waals surface area contributed by atoms with Crippen molar-refractivity contribution >= 4 is 11.9 Å². The van der Waals surface area contributed by atoms with E-state index in [0.717, 1.165) is 37.9 Å². The van der Waals surface area contributed by atoms with Gasteiger partial charge in [0.2, 0.25) is 5.91 Å². The summed E-state index contributed by atoms with van der Waals surface area (Å²) in [5.74, 6) is -0.946. The number of hydrogen-bond donors (Lipinski definition) is 2. The number of nitrogens with one attached hydrogen (secondary N) is 1. The second-order valence-electron chi connectivity index (χ2n) is 10.6. The molecule has 2 aliphatic carbocycles. The van der Waals surface area contributed by atoms with E-state index in [9.17, 15) is 27.9 Å². The molecule has 3 aliphatic rings. The molecular formula is C25H34F3N3O3. The molecule has 0 saturated heterocycles. The van der Waals surface area contributed by atoms with Gasteiger partial charge in [-0.15, -0.1) is 0 Å². The highest BCUT2D eigenvalue weighted by molar-refractivity contribution is 5.83. The predicted octanol–water partition coefficient (Wildman–Crippen LogP) is 4.41. The highest BCUT2D eigenvalue weighted by atomic mass is 19.4. The quantitative estimate of drug-likeness (QED) is 0.651. The zero-order valence-corrected chi connectivity index (χ0v) is 19.8. The Bertz CT molecular complexity index is 936. The lowest BCUT2D eigenvalue weighted by Crippen LogP contribution is -2.49. The molecule has 1 aromatic rings. The number of nitrogens with zero attached hydrogens (tertiary/aromatic N) is 2. The molecule has 2 N–H and O–H groups in total. The maximum absolute atomic E-state index is 13.8. The first-order chi connectivity index (χ1) is 16.0. The fourth-order valence-corrected chi connectivity index (χ4v) is 6.15. The second kappa shape index (κ2) is 9.47. The van der Waals surface area contributed by atoms with Crippen LogP contribution in [0.25, 0.3) is 0 Å². The second-order valence-corrected chi connectivity index (χ2v) is 10.6. The molecule has 34 heavy (non-hydrogen) atoms. The molecule has 0 spiro atoms. The Morgan fingerprint density at radius 2 is 2.00 bits per heavy atom. The van der Waals surface area contributed by atoms with Crippen LogP contribution in [-0.4, -0.2) is 45.5 Å². The van der Waals surface area contributed by atoms with Crippen LogP contribution in [0.1, 0.15) is 75.6 Å². The number of rotatable bonds is 5. The topological polar surface area (TPSA) is 82.5 Å². The molecule has 2 fully saturated rings. The maximum Gasteiger partial charge on any atom is 0.417 e. The van der Waals surface area contributed by atoms with Crippen molar-refractivity contribution in [3.8, 4) is 0 Å². The third-order valence-corrected chi connectivity index (χ3v) is 8.23. The van der Waals surface area contributed by atoms with Crippen molar-refractivity contribution in [1.29, 1.82) is 0 Å². The summed E-state index contributed by atoms with van der Waals surface area (Å²) < 4.78 is 39.5. The van der Waals surface area contributed by atoms with Gasteiger partial charge in [0.1, 0.15) is 0 Å². The Kier molecular flexibility index (Phi) is 6.95. The number of halogens is 3. The van der Waals surface area contributed by atoms with E-state index in [1.165, 1.54) is 0 Å². The number of aliphatic carboxylic acids is 1. The summed E-state index contributed by atoms with van der Waals surface area (Å²) in [5.41, 5.74) is -0.239. The van der Waals surface area contributed by atoms with Crippen LogP contribution < -0.4 is 5.32 Å². The summed E-state index contributed by atoms with van der Waals surface area (Å²) in [6.45, 7) is 4.70. The van der Waals surface area contributed by atoms with Crippen LogP contribution in [0.3, 0.4) is 0 Å². The molecule has 3 unspecified atom stereocenters. The molecule has 1 aromatic heterocycles. The molecule has 1 amide bonds. The Morgan fingerprint density at radius 1 is 1.24 bits per heavy atom. The van der Waals surface area contributed by atoms with Gasteiger partial charge in [-0.3, -0.25) is 14.6 Å². The minimum atomic E-state index is -4.46. The van der Waals surface area contributed by atoms with Crippen molar-refractivity contribution in [2.75, 3.05) is 6.54 Å². The maximum atomic E-state index is 13.8. The average Bonchev–Trinajstić information content (AvgIpc) is 3.22. The number of aromatic nitrogens is 1. The molecule has 4 rings (SSSR count). The van der Waals surface area contributed by atoms with Crippen molar-refractivity contribution in [3.05, 3.63) is 29.1 Å². The zero-order chi connectivity index (χ0) is 24.7. The van der Waals surface area contributed by atoms with Crippen LogP contribution in [-0.2, 0) is 28.7 Å². The summed E-state index contributed by atoms with van der Waals surface area (Å²) >= 11 is 0. The van der Waals surface area contributed by atoms with Gasteiger partial charge in [-0.05, 0) is 56.1 Å². The third kappa shape index (κ3) is 4.95. The van der Waals surface area contributed by atoms with Crippen molar-refractivity contribution in [1.82, 2.24) is 15.2 Å². The summed E-state index contributed by atoms with van der Waals surface area (Å²) in [7, 11) is 0. The lowest BCUT2D eigenvalue weighted by atomic mass is 9.73. The van der Waals surface area contributed by atoms with E-state index in [0.29, 0.717) is 43.5 Å². The number of carboxylic acids is 1. The molecule has 2 saturated carbocycles. The predicted molar refractivity (Wildman–Crippen MR) is 120 cm³/mol. The molecule has 188 valence electrons. The van der Waals surface area contributed by atoms with Crippen molar-refractivity contribution in [2.24, 2.45) is 17.3 Å². The fourth-order valence-electron chi connectivity index (χ4n) is 6.15. The van der Waals surface area contributed by atoms with Crippen LogP contribution in [0.4, 0.5) is 13.2 Å². The molecule has 1 aliphatic heterocycles. The smallest absolute Gasteiger partial charge is 0.417 e. The first-order valence-corrected chi connectivity index (χ1v) is 12.3. The minimum Gasteiger partial charge on any atom is -0.481 e. The van der Waals surface area contributed by atoms with Gasteiger partial charge in [0, 0.05) is 43.5 Å². The highest BCUT2D eigenvalue weighted by Gasteiger charge is 2.50. The van der Waals surface area contributed by atoms with Crippen molar-refractivity contribution in [2.45, 2.75) is 90.0 Å². The van der Waals surface area contributed by atoms with Crippen molar-refractivity contribution < 1.29 is 27.9 Å². The van der Waals surface area contributed by atoms with E-state index in [-0.39, 0.29) is 36.4 Å². The number of alkyl halides is 3. The van der Waals surface area contributed by atoms with Crippen molar-refractivity contribution in [3.63, 3.8) is 0 Å². The molecule has 6 nitrogen and oxygen atoms in total. The van der Waals surface area contributed by atoms with E-state index in [1.807, 2.05) is 13.8 Å². The van der Waals surface area contributed by atoms with E-state index < -0.39 is 23.1 Å². The average molecular weight is 482 g/mol. The Morgan fingerprint density at radius 3 is 2.68 bits per heavy atom. The highest BCUT2D eigenvalue weighted by Crippen LogP contribution is 2.47. The lowest BCUT2D eigenvalue weighted by molar-refractivity contribution is -0.146. The van der Waals surface area contributed by atoms with Gasteiger partial charge in [0.15, 0.2) is 0 Å². The van der Waals surface area contributed by atoms with E-state index in [4.69, 9.17) is 0 Å². The van der Waals surface area contributed by atoms with E-state index in [1.54, 1.807) is 4.90 Å². The molecular weight excluding hydrogens is 447 g/mol. The first kappa shape index (κ1) is 24.9. The summed E-state index contributed by atoms with van der Waals surface area (Å²) in [6, 6.07) is 1.41. The number of carbonyl (C=O) groups excluding carboxylic acids is 1. The van der Waals surface area contributed by atoms with E-state index >= 15 is 0 Å². The standard InChI is InChI=1S/C25H34F3N3O3/c1-15(2)24(8-6-20(12-24)30-19-5-3-4-16(11-19)22(32)33)23(34)31-9-7-21-17(14-31)10-18(13-29-21)25(26,27)28/h10,13,15-16,19-20,30H,3-9,11-12,14H2,1-2H3,(H,32,33)/t16?,19?,20?,24-/m0/s1. The van der Waals surface area contributed by atoms with Crippen LogP contribution in [0.5, 0.6) is 0 Å². The van der Waals surface area contributed by atoms with Crippen LogP contribution in [0, 0.1) is 17.3 Å². The summed E-state index contributed by atoms with van der Waals surface area (Å²) in [4.78, 5) is 31.0. The summed E-state index contributed by atoms with van der Waals surface area (Å²) in [6.07, 6.45) is 2.26. The Labute approximate surface area is 198 Å². The third-order valence-electron chi connectivity index (χ3n) is 8.23. The molecule has 0 bridgehead atoms. The largest absolute Gasteiger partial charge is 0.481 e. The number of pyridine rings is 1. The summed E-state index contributed by atoms with van der Waals surface area (Å²) in [5, 5.41) is 13.0. The van der Waals surface area contributed by atoms with E-state index in [2.05, 4.69) is 10.3 Å². The number of carbonyl (C=O) groups is 2. The normalized spacial score (nSPS) is 29.8. The minimum absolute atomic E-state index is 0.0157. The SMILES string of the molecule is CC(C)[C@]1(C(=O)N2CCc3ncc(C(F)(F)F)cc3C2)CCC(NC2CCCC(C(=O)O)C2)C1. The van der Waals surface area contributed by atoms with Gasteiger partial charge in [0.05, 0.1) is 16.9 Å². The fraction of sp³-hybridized carbons (Fsp3) is 0.720. The van der Waals surface area contributed by atoms with Gasteiger partial charge in [-0.2, -0.15) is 13.2 Å². The van der Waals surface area contributed by atoms with Gasteiger partial charge in [0.25, 0.3) is 0 Å². The Hall–Kier alpha value is -2.16. The molecule has 0 radical (unpaired) electrons. The van der Waals surface area contributed by atoms with Gasteiger partial charge >= 0.3 is 12.1 Å². The lowest BCUT2D eigenvalue weighted by Gasteiger charge is -2.40. The number of carboxylic acid groups (broad SMARTS) is 1. The molecule has 2 heterocycles. The zero-order valence-electron chi connectivity index (χ0n) is 19.8. The number of hydrogen-bond acceptors (Lipinski definition) is 4. The van der Waals surface area contributed by atoms with Gasteiger partial charge in [-0.1, -0.05) is 20.3 Å². The van der Waals surface area contributed by atoms with Gasteiger partial charge < -0.3 is 15.3 Å². The van der Waals surface area contributed by atoms with Crippen LogP contribution in [0.2, 0.25) is 0 Å².